The first kappa shape index (κ1) is 14.6. The summed E-state index contributed by atoms with van der Waals surface area (Å²) in [5.74, 6) is 0. The van der Waals surface area contributed by atoms with Crippen molar-refractivity contribution in [3.8, 4) is 0 Å². The van der Waals surface area contributed by atoms with Crippen molar-refractivity contribution in [2.24, 2.45) is 0 Å². The zero-order valence-corrected chi connectivity index (χ0v) is 13.6. The average molecular weight is 336 g/mol. The Bertz CT molecular complexity index is 521. The van der Waals surface area contributed by atoms with Gasteiger partial charge < -0.3 is 5.32 Å². The Morgan fingerprint density at radius 2 is 1.84 bits per heavy atom. The van der Waals surface area contributed by atoms with Crippen LogP contribution in [0.5, 0.6) is 0 Å². The van der Waals surface area contributed by atoms with E-state index in [1.54, 1.807) is 11.8 Å². The zero-order chi connectivity index (χ0) is 13.7. The fourth-order valence-corrected chi connectivity index (χ4v) is 3.47. The Morgan fingerprint density at radius 3 is 2.42 bits per heavy atom. The van der Waals surface area contributed by atoms with Crippen LogP contribution in [0.1, 0.15) is 24.9 Å². The van der Waals surface area contributed by atoms with E-state index in [0.717, 1.165) is 10.9 Å². The first-order valence-electron chi connectivity index (χ1n) is 6.43. The summed E-state index contributed by atoms with van der Waals surface area (Å²) in [5.41, 5.74) is 1.35. The monoisotopic (exact) mass is 335 g/mol. The lowest BCUT2D eigenvalue weighted by atomic mass is 10.1. The molecular weight excluding hydrogens is 318 g/mol. The molecule has 2 aromatic rings. The van der Waals surface area contributed by atoms with E-state index in [1.807, 2.05) is 13.1 Å². The second-order valence-corrected chi connectivity index (χ2v) is 6.44. The Labute approximate surface area is 127 Å². The lowest BCUT2D eigenvalue weighted by Gasteiger charge is -2.14. The van der Waals surface area contributed by atoms with Crippen LogP contribution in [0.15, 0.2) is 62.8 Å². The molecule has 2 aromatic carbocycles. The molecule has 0 aromatic heterocycles. The van der Waals surface area contributed by atoms with E-state index < -0.39 is 0 Å². The van der Waals surface area contributed by atoms with Gasteiger partial charge in [0.25, 0.3) is 0 Å². The van der Waals surface area contributed by atoms with Gasteiger partial charge in [0.1, 0.15) is 0 Å². The summed E-state index contributed by atoms with van der Waals surface area (Å²) in [6, 6.07) is 17.6. The van der Waals surface area contributed by atoms with Gasteiger partial charge in [-0.2, -0.15) is 0 Å². The summed E-state index contributed by atoms with van der Waals surface area (Å²) in [4.78, 5) is 2.52. The summed E-state index contributed by atoms with van der Waals surface area (Å²) in [6.07, 6.45) is 1.11. The molecule has 2 rings (SSSR count). The fraction of sp³-hybridized carbons (Fsp3) is 0.250. The van der Waals surface area contributed by atoms with Crippen molar-refractivity contribution in [1.29, 1.82) is 0 Å². The van der Waals surface area contributed by atoms with E-state index in [0.29, 0.717) is 6.04 Å². The number of nitrogens with one attached hydrogen (secondary N) is 1. The predicted octanol–water partition coefficient (Wildman–Crippen LogP) is 5.27. The highest BCUT2D eigenvalue weighted by atomic mass is 79.9. The second-order valence-electron chi connectivity index (χ2n) is 4.38. The van der Waals surface area contributed by atoms with E-state index in [2.05, 4.69) is 70.6 Å². The summed E-state index contributed by atoms with van der Waals surface area (Å²) >= 11 is 5.29. The van der Waals surface area contributed by atoms with Gasteiger partial charge >= 0.3 is 0 Å². The van der Waals surface area contributed by atoms with Crippen molar-refractivity contribution >= 4 is 27.7 Å². The minimum absolute atomic E-state index is 0.449. The third-order valence-corrected chi connectivity index (χ3v) is 4.56. The second kappa shape index (κ2) is 7.13. The van der Waals surface area contributed by atoms with Crippen LogP contribution in [0.2, 0.25) is 0 Å². The third-order valence-electron chi connectivity index (χ3n) is 3.07. The summed E-state index contributed by atoms with van der Waals surface area (Å²) in [7, 11) is 2.01. The molecule has 0 amide bonds. The lowest BCUT2D eigenvalue weighted by molar-refractivity contribution is 0.576. The maximum atomic E-state index is 3.50. The molecule has 100 valence electrons. The molecule has 0 fully saturated rings. The molecule has 1 nitrogen and oxygen atoms in total. The maximum absolute atomic E-state index is 3.50. The molecule has 0 saturated heterocycles. The number of hydrogen-bond acceptors (Lipinski definition) is 2. The molecule has 0 heterocycles. The summed E-state index contributed by atoms with van der Waals surface area (Å²) in [6.45, 7) is 2.20. The minimum Gasteiger partial charge on any atom is -0.313 e. The molecule has 0 aliphatic carbocycles. The number of halogens is 1. The summed E-state index contributed by atoms with van der Waals surface area (Å²) < 4.78 is 1.12. The molecule has 3 heteroatoms. The molecule has 1 atom stereocenters. The normalized spacial score (nSPS) is 12.4. The first-order valence-corrected chi connectivity index (χ1v) is 8.04. The van der Waals surface area contributed by atoms with Gasteiger partial charge in [0, 0.05) is 20.3 Å². The van der Waals surface area contributed by atoms with Gasteiger partial charge in [-0.15, -0.1) is 0 Å². The fourth-order valence-electron chi connectivity index (χ4n) is 2.04. The van der Waals surface area contributed by atoms with E-state index in [1.165, 1.54) is 15.4 Å². The predicted molar refractivity (Wildman–Crippen MR) is 86.8 cm³/mol. The van der Waals surface area contributed by atoms with Crippen molar-refractivity contribution in [2.75, 3.05) is 7.05 Å². The van der Waals surface area contributed by atoms with Crippen LogP contribution in [-0.4, -0.2) is 7.05 Å². The molecule has 1 N–H and O–H groups in total. The molecule has 0 aliphatic heterocycles. The van der Waals surface area contributed by atoms with Crippen LogP contribution in [0.25, 0.3) is 0 Å². The summed E-state index contributed by atoms with van der Waals surface area (Å²) in [5, 5.41) is 3.33. The highest BCUT2D eigenvalue weighted by Crippen LogP contribution is 2.30. The van der Waals surface area contributed by atoms with Gasteiger partial charge in [-0.3, -0.25) is 0 Å². The highest BCUT2D eigenvalue weighted by molar-refractivity contribution is 9.10. The molecule has 0 radical (unpaired) electrons. The molecule has 1 unspecified atom stereocenters. The van der Waals surface area contributed by atoms with Crippen LogP contribution in [0.3, 0.4) is 0 Å². The molecule has 0 spiro atoms. The molecule has 0 saturated carbocycles. The van der Waals surface area contributed by atoms with Crippen LogP contribution in [0, 0.1) is 0 Å². The number of benzene rings is 2. The van der Waals surface area contributed by atoms with Crippen LogP contribution < -0.4 is 5.32 Å². The third kappa shape index (κ3) is 4.10. The van der Waals surface area contributed by atoms with Crippen molar-refractivity contribution in [3.05, 3.63) is 58.6 Å². The van der Waals surface area contributed by atoms with Gasteiger partial charge in [-0.1, -0.05) is 52.8 Å². The van der Waals surface area contributed by atoms with Gasteiger partial charge in [0.2, 0.25) is 0 Å². The first-order chi connectivity index (χ1) is 9.22. The van der Waals surface area contributed by atoms with Crippen molar-refractivity contribution < 1.29 is 0 Å². The maximum Gasteiger partial charge on any atom is 0.0314 e. The average Bonchev–Trinajstić information content (AvgIpc) is 2.42. The smallest absolute Gasteiger partial charge is 0.0314 e. The Hall–Kier alpha value is -0.770. The van der Waals surface area contributed by atoms with Crippen LogP contribution in [0.4, 0.5) is 0 Å². The van der Waals surface area contributed by atoms with Crippen molar-refractivity contribution in [1.82, 2.24) is 5.32 Å². The van der Waals surface area contributed by atoms with E-state index in [9.17, 15) is 0 Å². The highest BCUT2D eigenvalue weighted by Gasteiger charge is 2.06. The van der Waals surface area contributed by atoms with E-state index in [-0.39, 0.29) is 0 Å². The largest absolute Gasteiger partial charge is 0.313 e. The van der Waals surface area contributed by atoms with Crippen molar-refractivity contribution in [3.63, 3.8) is 0 Å². The topological polar surface area (TPSA) is 12.0 Å². The zero-order valence-electron chi connectivity index (χ0n) is 11.2. The van der Waals surface area contributed by atoms with Crippen molar-refractivity contribution in [2.45, 2.75) is 29.2 Å². The van der Waals surface area contributed by atoms with Crippen LogP contribution >= 0.6 is 27.7 Å². The molecule has 19 heavy (non-hydrogen) atoms. The Balaban J connectivity index is 2.10. The lowest BCUT2D eigenvalue weighted by Crippen LogP contribution is -2.14. The standard InChI is InChI=1S/C16H18BrNS/c1-3-16(18-2)12-7-9-14(10-8-12)19-15-6-4-5-13(17)11-15/h4-11,16,18H,3H2,1-2H3. The van der Waals surface area contributed by atoms with Gasteiger partial charge in [0.05, 0.1) is 0 Å². The van der Waals surface area contributed by atoms with Gasteiger partial charge in [-0.25, -0.2) is 0 Å². The molecule has 0 bridgehead atoms. The Kier molecular flexibility index (Phi) is 5.49. The Morgan fingerprint density at radius 1 is 1.11 bits per heavy atom. The SMILES string of the molecule is CCC(NC)c1ccc(Sc2cccc(Br)c2)cc1. The van der Waals surface area contributed by atoms with Crippen LogP contribution in [-0.2, 0) is 0 Å². The number of rotatable bonds is 5. The van der Waals surface area contributed by atoms with Gasteiger partial charge in [0.15, 0.2) is 0 Å². The molecule has 0 aliphatic rings. The van der Waals surface area contributed by atoms with E-state index >= 15 is 0 Å². The molecular formula is C16H18BrNS. The quantitative estimate of drug-likeness (QED) is 0.798. The minimum atomic E-state index is 0.449. The van der Waals surface area contributed by atoms with Gasteiger partial charge in [-0.05, 0) is 49.4 Å². The number of hydrogen-bond donors (Lipinski definition) is 1. The van der Waals surface area contributed by atoms with E-state index in [4.69, 9.17) is 0 Å².